The predicted molar refractivity (Wildman–Crippen MR) is 88.6 cm³/mol. The van der Waals surface area contributed by atoms with Gasteiger partial charge in [-0.3, -0.25) is 0 Å². The van der Waals surface area contributed by atoms with Crippen LogP contribution in [-0.2, 0) is 17.9 Å². The SMILES string of the molecule is CC(C)CNCc1nc(COCC2CCCCN2C)cs1. The average Bonchev–Trinajstić information content (AvgIpc) is 2.88. The molecule has 21 heavy (non-hydrogen) atoms. The third-order valence-electron chi connectivity index (χ3n) is 3.91. The second-order valence-corrected chi connectivity index (χ2v) is 7.35. The number of rotatable bonds is 8. The third kappa shape index (κ3) is 6.02. The number of ether oxygens (including phenoxy) is 1. The Morgan fingerprint density at radius 1 is 1.48 bits per heavy atom. The molecule has 1 fully saturated rings. The van der Waals surface area contributed by atoms with Crippen molar-refractivity contribution >= 4 is 11.3 Å². The topological polar surface area (TPSA) is 37.4 Å². The summed E-state index contributed by atoms with van der Waals surface area (Å²) in [7, 11) is 2.20. The Morgan fingerprint density at radius 2 is 2.33 bits per heavy atom. The first kappa shape index (κ1) is 16.9. The number of likely N-dealkylation sites (tertiary alicyclic amines) is 1. The molecule has 5 heteroatoms. The van der Waals surface area contributed by atoms with Crippen LogP contribution in [0.2, 0.25) is 0 Å². The van der Waals surface area contributed by atoms with Gasteiger partial charge in [0.15, 0.2) is 0 Å². The van der Waals surface area contributed by atoms with Gasteiger partial charge in [-0.25, -0.2) is 4.98 Å². The van der Waals surface area contributed by atoms with Crippen molar-refractivity contribution in [2.75, 3.05) is 26.7 Å². The van der Waals surface area contributed by atoms with E-state index in [0.29, 0.717) is 18.6 Å². The first-order valence-electron chi connectivity index (χ1n) is 8.07. The smallest absolute Gasteiger partial charge is 0.107 e. The van der Waals surface area contributed by atoms with Gasteiger partial charge < -0.3 is 15.0 Å². The van der Waals surface area contributed by atoms with Gasteiger partial charge in [0.05, 0.1) is 18.9 Å². The van der Waals surface area contributed by atoms with Crippen LogP contribution < -0.4 is 5.32 Å². The lowest BCUT2D eigenvalue weighted by molar-refractivity contribution is 0.0432. The summed E-state index contributed by atoms with van der Waals surface area (Å²) in [6.45, 7) is 9.02. The van der Waals surface area contributed by atoms with Crippen LogP contribution in [0.5, 0.6) is 0 Å². The molecule has 0 radical (unpaired) electrons. The standard InChI is InChI=1S/C16H29N3OS/c1-13(2)8-17-9-16-18-14(12-21-16)10-20-11-15-6-4-5-7-19(15)3/h12-13,15,17H,4-11H2,1-3H3. The zero-order valence-electron chi connectivity index (χ0n) is 13.6. The maximum Gasteiger partial charge on any atom is 0.107 e. The van der Waals surface area contributed by atoms with Gasteiger partial charge in [-0.05, 0) is 38.9 Å². The molecule has 1 aromatic rings. The molecular formula is C16H29N3OS. The summed E-state index contributed by atoms with van der Waals surface area (Å²) >= 11 is 1.72. The molecule has 0 spiro atoms. The highest BCUT2D eigenvalue weighted by molar-refractivity contribution is 7.09. The molecule has 1 aliphatic heterocycles. The van der Waals surface area contributed by atoms with Gasteiger partial charge in [-0.15, -0.1) is 11.3 Å². The van der Waals surface area contributed by atoms with Crippen LogP contribution in [0.1, 0.15) is 43.8 Å². The van der Waals surface area contributed by atoms with Crippen molar-refractivity contribution in [3.05, 3.63) is 16.1 Å². The number of nitrogens with one attached hydrogen (secondary N) is 1. The van der Waals surface area contributed by atoms with Gasteiger partial charge in [-0.2, -0.15) is 0 Å². The summed E-state index contributed by atoms with van der Waals surface area (Å²) in [5, 5.41) is 6.71. The summed E-state index contributed by atoms with van der Waals surface area (Å²) in [6, 6.07) is 0.588. The quantitative estimate of drug-likeness (QED) is 0.801. The molecule has 0 aliphatic carbocycles. The van der Waals surface area contributed by atoms with Gasteiger partial charge in [0.25, 0.3) is 0 Å². The molecule has 1 N–H and O–H groups in total. The van der Waals surface area contributed by atoms with E-state index in [1.807, 2.05) is 0 Å². The Bertz CT molecular complexity index is 408. The fraction of sp³-hybridized carbons (Fsp3) is 0.812. The lowest BCUT2D eigenvalue weighted by atomic mass is 10.0. The lowest BCUT2D eigenvalue weighted by Gasteiger charge is -2.32. The minimum atomic E-state index is 0.588. The van der Waals surface area contributed by atoms with Crippen molar-refractivity contribution in [3.8, 4) is 0 Å². The van der Waals surface area contributed by atoms with E-state index in [1.54, 1.807) is 11.3 Å². The molecule has 0 amide bonds. The number of piperidine rings is 1. The number of hydrogen-bond donors (Lipinski definition) is 1. The van der Waals surface area contributed by atoms with Crippen molar-refractivity contribution in [1.82, 2.24) is 15.2 Å². The first-order chi connectivity index (χ1) is 10.1. The zero-order chi connectivity index (χ0) is 15.1. The fourth-order valence-corrected chi connectivity index (χ4v) is 3.37. The number of likely N-dealkylation sites (N-methyl/N-ethyl adjacent to an activating group) is 1. The molecule has 2 rings (SSSR count). The molecular weight excluding hydrogens is 282 g/mol. The highest BCUT2D eigenvalue weighted by atomic mass is 32.1. The fourth-order valence-electron chi connectivity index (χ4n) is 2.62. The summed E-state index contributed by atoms with van der Waals surface area (Å²) in [4.78, 5) is 7.05. The highest BCUT2D eigenvalue weighted by Crippen LogP contribution is 2.16. The van der Waals surface area contributed by atoms with E-state index in [1.165, 1.54) is 25.8 Å². The molecule has 0 aromatic carbocycles. The van der Waals surface area contributed by atoms with E-state index in [0.717, 1.165) is 30.4 Å². The molecule has 0 bridgehead atoms. The van der Waals surface area contributed by atoms with Crippen LogP contribution in [0.3, 0.4) is 0 Å². The Morgan fingerprint density at radius 3 is 3.10 bits per heavy atom. The van der Waals surface area contributed by atoms with Crippen LogP contribution in [0.4, 0.5) is 0 Å². The minimum absolute atomic E-state index is 0.588. The Labute approximate surface area is 132 Å². The Hall–Kier alpha value is -0.490. The Balaban J connectivity index is 1.65. The van der Waals surface area contributed by atoms with Crippen molar-refractivity contribution < 1.29 is 4.74 Å². The number of thiazole rings is 1. The normalized spacial score (nSPS) is 20.3. The zero-order valence-corrected chi connectivity index (χ0v) is 14.4. The van der Waals surface area contributed by atoms with Gasteiger partial charge in [0, 0.05) is 18.0 Å². The van der Waals surface area contributed by atoms with E-state index in [-0.39, 0.29) is 0 Å². The molecule has 4 nitrogen and oxygen atoms in total. The van der Waals surface area contributed by atoms with Crippen LogP contribution in [-0.4, -0.2) is 42.7 Å². The monoisotopic (exact) mass is 311 g/mol. The molecule has 1 unspecified atom stereocenters. The molecule has 1 saturated heterocycles. The number of hydrogen-bond acceptors (Lipinski definition) is 5. The van der Waals surface area contributed by atoms with E-state index < -0.39 is 0 Å². The largest absolute Gasteiger partial charge is 0.374 e. The summed E-state index contributed by atoms with van der Waals surface area (Å²) in [6.07, 6.45) is 3.92. The van der Waals surface area contributed by atoms with Crippen LogP contribution >= 0.6 is 11.3 Å². The van der Waals surface area contributed by atoms with Gasteiger partial charge in [0.2, 0.25) is 0 Å². The maximum absolute atomic E-state index is 5.87. The number of nitrogens with zero attached hydrogens (tertiary/aromatic N) is 2. The molecule has 1 aromatic heterocycles. The van der Waals surface area contributed by atoms with Crippen molar-refractivity contribution in [1.29, 1.82) is 0 Å². The first-order valence-corrected chi connectivity index (χ1v) is 8.95. The number of aromatic nitrogens is 1. The van der Waals surface area contributed by atoms with Crippen molar-refractivity contribution in [2.24, 2.45) is 5.92 Å². The summed E-state index contributed by atoms with van der Waals surface area (Å²) in [5.74, 6) is 0.681. The van der Waals surface area contributed by atoms with E-state index >= 15 is 0 Å². The van der Waals surface area contributed by atoms with E-state index in [9.17, 15) is 0 Å². The highest BCUT2D eigenvalue weighted by Gasteiger charge is 2.18. The molecule has 1 aliphatic rings. The van der Waals surface area contributed by atoms with Gasteiger partial charge >= 0.3 is 0 Å². The lowest BCUT2D eigenvalue weighted by Crippen LogP contribution is -2.39. The molecule has 120 valence electrons. The van der Waals surface area contributed by atoms with E-state index in [2.05, 4.69) is 41.5 Å². The van der Waals surface area contributed by atoms with Crippen LogP contribution in [0.15, 0.2) is 5.38 Å². The predicted octanol–water partition coefficient (Wildman–Crippen LogP) is 2.89. The maximum atomic E-state index is 5.87. The van der Waals surface area contributed by atoms with Crippen molar-refractivity contribution in [2.45, 2.75) is 52.3 Å². The summed E-state index contributed by atoms with van der Waals surface area (Å²) < 4.78 is 5.87. The Kier molecular flexibility index (Phi) is 7.10. The minimum Gasteiger partial charge on any atom is -0.374 e. The second kappa shape index (κ2) is 8.83. The molecule has 0 saturated carbocycles. The van der Waals surface area contributed by atoms with Crippen LogP contribution in [0, 0.1) is 5.92 Å². The van der Waals surface area contributed by atoms with Gasteiger partial charge in [0.1, 0.15) is 5.01 Å². The second-order valence-electron chi connectivity index (χ2n) is 6.40. The summed E-state index contributed by atoms with van der Waals surface area (Å²) in [5.41, 5.74) is 1.07. The average molecular weight is 311 g/mol. The molecule has 1 atom stereocenters. The van der Waals surface area contributed by atoms with Crippen LogP contribution in [0.25, 0.3) is 0 Å². The third-order valence-corrected chi connectivity index (χ3v) is 4.81. The van der Waals surface area contributed by atoms with Gasteiger partial charge in [-0.1, -0.05) is 20.3 Å². The molecule has 2 heterocycles. The van der Waals surface area contributed by atoms with Crippen molar-refractivity contribution in [3.63, 3.8) is 0 Å². The van der Waals surface area contributed by atoms with E-state index in [4.69, 9.17) is 4.74 Å².